The molecule has 1 aromatic carbocycles. The molecule has 2 N–H and O–H groups in total. The number of ether oxygens (including phenoxy) is 5. The van der Waals surface area contributed by atoms with E-state index in [4.69, 9.17) is 23.7 Å². The van der Waals surface area contributed by atoms with Gasteiger partial charge in [0.15, 0.2) is 5.79 Å². The molecule has 0 unspecified atom stereocenters. The van der Waals surface area contributed by atoms with Crippen molar-refractivity contribution in [2.24, 2.45) is 0 Å². The summed E-state index contributed by atoms with van der Waals surface area (Å²) in [5, 5.41) is 13.4. The molecular formula is C24H38N2O7. The van der Waals surface area contributed by atoms with Crippen molar-refractivity contribution in [3.05, 3.63) is 35.9 Å². The van der Waals surface area contributed by atoms with Crippen LogP contribution in [0.25, 0.3) is 0 Å². The van der Waals surface area contributed by atoms with Gasteiger partial charge < -0.3 is 34.1 Å². The number of aliphatic hydroxyl groups excluding tert-OH is 1. The number of aliphatic hydroxyl groups is 1. The van der Waals surface area contributed by atoms with E-state index in [-0.39, 0.29) is 44.3 Å². The normalized spacial score (nSPS) is 27.4. The van der Waals surface area contributed by atoms with E-state index in [1.807, 2.05) is 65.0 Å². The van der Waals surface area contributed by atoms with E-state index in [1.165, 1.54) is 0 Å². The average molecular weight is 467 g/mol. The Kier molecular flexibility index (Phi) is 8.36. The van der Waals surface area contributed by atoms with Gasteiger partial charge in [-0.25, -0.2) is 4.79 Å². The van der Waals surface area contributed by atoms with Crippen molar-refractivity contribution in [3.8, 4) is 0 Å². The predicted octanol–water partition coefficient (Wildman–Crippen LogP) is 2.44. The summed E-state index contributed by atoms with van der Waals surface area (Å²) < 4.78 is 28.9. The molecule has 0 aliphatic carbocycles. The van der Waals surface area contributed by atoms with Gasteiger partial charge in [-0.2, -0.15) is 0 Å². The number of amides is 1. The highest BCUT2D eigenvalue weighted by Crippen LogP contribution is 2.41. The number of likely N-dealkylation sites (tertiary alicyclic amines) is 1. The summed E-state index contributed by atoms with van der Waals surface area (Å²) in [7, 11) is 1.55. The van der Waals surface area contributed by atoms with Crippen LogP contribution in [0.4, 0.5) is 4.79 Å². The van der Waals surface area contributed by atoms with Gasteiger partial charge in [0.1, 0.15) is 24.6 Å². The predicted molar refractivity (Wildman–Crippen MR) is 122 cm³/mol. The maximum Gasteiger partial charge on any atom is 0.411 e. The Morgan fingerprint density at radius 3 is 2.39 bits per heavy atom. The minimum Gasteiger partial charge on any atom is -0.444 e. The first kappa shape index (κ1) is 25.9. The minimum absolute atomic E-state index is 0.0828. The maximum absolute atomic E-state index is 13.3. The third-order valence-corrected chi connectivity index (χ3v) is 5.69. The molecule has 9 heteroatoms. The summed E-state index contributed by atoms with van der Waals surface area (Å²) in [6.07, 6.45) is -1.23. The monoisotopic (exact) mass is 466 g/mol. The number of hydrogen-bond donors (Lipinski definition) is 2. The molecule has 2 saturated heterocycles. The van der Waals surface area contributed by atoms with Crippen molar-refractivity contribution < 1.29 is 33.6 Å². The van der Waals surface area contributed by atoms with E-state index in [0.29, 0.717) is 6.54 Å². The lowest BCUT2D eigenvalue weighted by atomic mass is 10.1. The minimum atomic E-state index is -0.789. The number of benzene rings is 1. The fraction of sp³-hybridized carbons (Fsp3) is 0.708. The second-order valence-electron chi connectivity index (χ2n) is 9.92. The number of hydrogen-bond acceptors (Lipinski definition) is 8. The lowest BCUT2D eigenvalue weighted by Crippen LogP contribution is -2.53. The van der Waals surface area contributed by atoms with Gasteiger partial charge >= 0.3 is 6.09 Å². The van der Waals surface area contributed by atoms with E-state index in [9.17, 15) is 9.90 Å². The van der Waals surface area contributed by atoms with Crippen LogP contribution in [0.15, 0.2) is 30.3 Å². The number of nitrogens with zero attached hydrogens (tertiary/aromatic N) is 1. The molecule has 9 nitrogen and oxygen atoms in total. The molecule has 3 rings (SSSR count). The summed E-state index contributed by atoms with van der Waals surface area (Å²) >= 11 is 0. The first-order chi connectivity index (χ1) is 15.6. The SMILES string of the molecule is COCOC[C@@H]1[C@@H]2OC(C)(C)O[C@@H]2[C@@H](CN[C@@H](CO)c2ccccc2)N1C(=O)OC(C)(C)C. The summed E-state index contributed by atoms with van der Waals surface area (Å²) in [5.74, 6) is -0.789. The molecule has 5 atom stereocenters. The van der Waals surface area contributed by atoms with Crippen molar-refractivity contribution in [3.63, 3.8) is 0 Å². The van der Waals surface area contributed by atoms with Crippen LogP contribution in [0.3, 0.4) is 0 Å². The highest BCUT2D eigenvalue weighted by Gasteiger charge is 2.59. The zero-order valence-electron chi connectivity index (χ0n) is 20.4. The third-order valence-electron chi connectivity index (χ3n) is 5.69. The molecule has 0 saturated carbocycles. The van der Waals surface area contributed by atoms with Crippen LogP contribution in [0.5, 0.6) is 0 Å². The lowest BCUT2D eigenvalue weighted by Gasteiger charge is -2.36. The molecule has 186 valence electrons. The average Bonchev–Trinajstić information content (AvgIpc) is 3.19. The van der Waals surface area contributed by atoms with Crippen LogP contribution in [0.2, 0.25) is 0 Å². The molecule has 0 spiro atoms. The highest BCUT2D eigenvalue weighted by atomic mass is 16.8. The Morgan fingerprint density at radius 2 is 1.82 bits per heavy atom. The summed E-state index contributed by atoms with van der Waals surface area (Å²) in [5.41, 5.74) is 0.297. The van der Waals surface area contributed by atoms with Gasteiger partial charge in [0, 0.05) is 13.7 Å². The van der Waals surface area contributed by atoms with E-state index >= 15 is 0 Å². The van der Waals surface area contributed by atoms with E-state index in [1.54, 1.807) is 12.0 Å². The number of carbonyl (C=O) groups excluding carboxylic acids is 1. The molecule has 2 aliphatic rings. The topological polar surface area (TPSA) is 98.7 Å². The van der Waals surface area contributed by atoms with Gasteiger partial charge in [-0.1, -0.05) is 30.3 Å². The molecule has 0 aromatic heterocycles. The molecule has 2 aliphatic heterocycles. The standard InChI is InChI=1S/C24H38N2O7/c1-23(2,3)33-22(28)26-18(12-25-17(13-27)16-10-8-7-9-11-16)20-21(32-24(4,5)31-20)19(26)14-30-15-29-6/h7-11,17-21,25,27H,12-15H2,1-6H3/t17-,18+,19+,20+,21-/m0/s1. The largest absolute Gasteiger partial charge is 0.444 e. The van der Waals surface area contributed by atoms with Crippen molar-refractivity contribution in [1.29, 1.82) is 0 Å². The molecular weight excluding hydrogens is 428 g/mol. The number of methoxy groups -OCH3 is 1. The van der Waals surface area contributed by atoms with Crippen molar-refractivity contribution in [2.75, 3.05) is 33.7 Å². The second-order valence-corrected chi connectivity index (χ2v) is 9.92. The number of nitrogens with one attached hydrogen (secondary N) is 1. The Hall–Kier alpha value is -1.75. The highest BCUT2D eigenvalue weighted by molar-refractivity contribution is 5.70. The van der Waals surface area contributed by atoms with Crippen LogP contribution in [-0.2, 0) is 23.7 Å². The first-order valence-corrected chi connectivity index (χ1v) is 11.4. The second kappa shape index (κ2) is 10.7. The Bertz CT molecular complexity index is 768. The number of fused-ring (bicyclic) bond motifs is 1. The van der Waals surface area contributed by atoms with E-state index in [2.05, 4.69) is 5.32 Å². The smallest absolute Gasteiger partial charge is 0.411 e. The molecule has 2 fully saturated rings. The van der Waals surface area contributed by atoms with Gasteiger partial charge in [-0.3, -0.25) is 4.90 Å². The van der Waals surface area contributed by atoms with E-state index in [0.717, 1.165) is 5.56 Å². The summed E-state index contributed by atoms with van der Waals surface area (Å²) in [6, 6.07) is 8.60. The van der Waals surface area contributed by atoms with Crippen molar-refractivity contribution >= 4 is 6.09 Å². The molecule has 1 amide bonds. The Labute approximate surface area is 196 Å². The van der Waals surface area contributed by atoms with Crippen LogP contribution in [-0.4, -0.2) is 85.4 Å². The van der Waals surface area contributed by atoms with E-state index < -0.39 is 23.5 Å². The number of rotatable bonds is 9. The maximum atomic E-state index is 13.3. The molecule has 1 aromatic rings. The van der Waals surface area contributed by atoms with Crippen molar-refractivity contribution in [1.82, 2.24) is 10.2 Å². The van der Waals surface area contributed by atoms with Gasteiger partial charge in [0.05, 0.1) is 31.3 Å². The quantitative estimate of drug-likeness (QED) is 0.423. The van der Waals surface area contributed by atoms with Crippen molar-refractivity contribution in [2.45, 2.75) is 76.3 Å². The Morgan fingerprint density at radius 1 is 1.18 bits per heavy atom. The lowest BCUT2D eigenvalue weighted by molar-refractivity contribution is -0.171. The zero-order chi connectivity index (χ0) is 24.2. The fourth-order valence-corrected chi connectivity index (χ4v) is 4.44. The third kappa shape index (κ3) is 6.44. The Balaban J connectivity index is 1.86. The number of carbonyl (C=O) groups is 1. The summed E-state index contributed by atoms with van der Waals surface area (Å²) in [4.78, 5) is 15.0. The molecule has 2 heterocycles. The fourth-order valence-electron chi connectivity index (χ4n) is 4.44. The van der Waals surface area contributed by atoms with Gasteiger partial charge in [-0.15, -0.1) is 0 Å². The van der Waals surface area contributed by atoms with Crippen LogP contribution >= 0.6 is 0 Å². The van der Waals surface area contributed by atoms with Gasteiger partial charge in [0.25, 0.3) is 0 Å². The molecule has 33 heavy (non-hydrogen) atoms. The summed E-state index contributed by atoms with van der Waals surface area (Å²) in [6.45, 7) is 9.83. The van der Waals surface area contributed by atoms with Crippen LogP contribution in [0.1, 0.15) is 46.2 Å². The van der Waals surface area contributed by atoms with Crippen LogP contribution in [0, 0.1) is 0 Å². The van der Waals surface area contributed by atoms with Gasteiger partial charge in [0.2, 0.25) is 0 Å². The molecule has 0 radical (unpaired) electrons. The van der Waals surface area contributed by atoms with Gasteiger partial charge in [-0.05, 0) is 40.2 Å². The molecule has 0 bridgehead atoms. The zero-order valence-corrected chi connectivity index (χ0v) is 20.4. The first-order valence-electron chi connectivity index (χ1n) is 11.4. The van der Waals surface area contributed by atoms with Crippen LogP contribution < -0.4 is 5.32 Å².